The van der Waals surface area contributed by atoms with Gasteiger partial charge in [0, 0.05) is 23.6 Å². The zero-order valence-corrected chi connectivity index (χ0v) is 11.9. The average molecular weight is 278 g/mol. The number of ether oxygens (including phenoxy) is 2. The average Bonchev–Trinajstić information content (AvgIpc) is 2.55. The summed E-state index contributed by atoms with van der Waals surface area (Å²) in [5.41, 5.74) is 0. The van der Waals surface area contributed by atoms with Gasteiger partial charge in [0.05, 0.1) is 13.2 Å². The number of fused-ring (bicyclic) bond motifs is 2. The lowest BCUT2D eigenvalue weighted by Gasteiger charge is -2.25. The summed E-state index contributed by atoms with van der Waals surface area (Å²) in [6, 6.07) is 19.2. The van der Waals surface area contributed by atoms with Gasteiger partial charge in [0.15, 0.2) is 0 Å². The summed E-state index contributed by atoms with van der Waals surface area (Å²) in [7, 11) is 0. The topological polar surface area (TPSA) is 18.5 Å². The third-order valence-electron chi connectivity index (χ3n) is 4.17. The largest absolute Gasteiger partial charge is 0.489 e. The summed E-state index contributed by atoms with van der Waals surface area (Å²) >= 11 is 0. The number of rotatable bonds is 2. The molecule has 1 saturated heterocycles. The summed E-state index contributed by atoms with van der Waals surface area (Å²) in [5, 5.41) is 4.86. The molecule has 3 aromatic carbocycles. The molecule has 0 spiro atoms. The fraction of sp³-hybridized carbons (Fsp3) is 0.263. The van der Waals surface area contributed by atoms with Crippen molar-refractivity contribution in [3.05, 3.63) is 54.6 Å². The second-order valence-electron chi connectivity index (χ2n) is 5.58. The first-order valence-electron chi connectivity index (χ1n) is 7.57. The third-order valence-corrected chi connectivity index (χ3v) is 4.17. The van der Waals surface area contributed by atoms with E-state index >= 15 is 0 Å². The molecule has 0 unspecified atom stereocenters. The molecule has 4 rings (SSSR count). The molecule has 1 aliphatic rings. The predicted octanol–water partition coefficient (Wildman–Crippen LogP) is 4.55. The number of benzene rings is 3. The van der Waals surface area contributed by atoms with Crippen molar-refractivity contribution in [2.45, 2.75) is 18.9 Å². The standard InChI is InChI=1S/C19H18O2/c1-3-7-17-14(5-1)13-15-6-2-4-8-18(15)19(17)21-16-9-11-20-12-10-16/h1-8,13,16H,9-12H2. The summed E-state index contributed by atoms with van der Waals surface area (Å²) in [4.78, 5) is 0. The highest BCUT2D eigenvalue weighted by atomic mass is 16.5. The molecular formula is C19H18O2. The lowest BCUT2D eigenvalue weighted by atomic mass is 10.0. The van der Waals surface area contributed by atoms with Crippen LogP contribution < -0.4 is 4.74 Å². The molecule has 0 atom stereocenters. The SMILES string of the molecule is c1ccc2c(OC3CCOCC3)c3ccccc3cc2c1. The smallest absolute Gasteiger partial charge is 0.135 e. The molecule has 0 aromatic heterocycles. The van der Waals surface area contributed by atoms with Crippen LogP contribution in [0.15, 0.2) is 54.6 Å². The minimum Gasteiger partial charge on any atom is -0.489 e. The first-order chi connectivity index (χ1) is 10.4. The molecule has 1 aliphatic heterocycles. The summed E-state index contributed by atoms with van der Waals surface area (Å²) in [5.74, 6) is 1.02. The van der Waals surface area contributed by atoms with E-state index in [2.05, 4.69) is 54.6 Å². The fourth-order valence-corrected chi connectivity index (χ4v) is 3.06. The summed E-state index contributed by atoms with van der Waals surface area (Å²) in [6.07, 6.45) is 2.20. The van der Waals surface area contributed by atoms with Gasteiger partial charge < -0.3 is 9.47 Å². The van der Waals surface area contributed by atoms with Crippen LogP contribution in [0.5, 0.6) is 5.75 Å². The van der Waals surface area contributed by atoms with E-state index in [9.17, 15) is 0 Å². The van der Waals surface area contributed by atoms with Crippen molar-refractivity contribution in [3.63, 3.8) is 0 Å². The Morgan fingerprint density at radius 3 is 2.00 bits per heavy atom. The van der Waals surface area contributed by atoms with Crippen LogP contribution in [-0.4, -0.2) is 19.3 Å². The molecule has 0 N–H and O–H groups in total. The Hall–Kier alpha value is -2.06. The molecule has 1 fully saturated rings. The van der Waals surface area contributed by atoms with E-state index in [0.29, 0.717) is 0 Å². The molecule has 0 saturated carbocycles. The van der Waals surface area contributed by atoms with Crippen LogP contribution in [0.2, 0.25) is 0 Å². The Bertz CT molecular complexity index is 719. The summed E-state index contributed by atoms with van der Waals surface area (Å²) in [6.45, 7) is 1.60. The van der Waals surface area contributed by atoms with Gasteiger partial charge in [0.25, 0.3) is 0 Å². The Morgan fingerprint density at radius 2 is 1.38 bits per heavy atom. The van der Waals surface area contributed by atoms with Crippen molar-refractivity contribution in [2.75, 3.05) is 13.2 Å². The molecular weight excluding hydrogens is 260 g/mol. The van der Waals surface area contributed by atoms with Crippen LogP contribution in [0.1, 0.15) is 12.8 Å². The van der Waals surface area contributed by atoms with Crippen LogP contribution in [0.4, 0.5) is 0 Å². The van der Waals surface area contributed by atoms with Crippen LogP contribution >= 0.6 is 0 Å². The molecule has 106 valence electrons. The fourth-order valence-electron chi connectivity index (χ4n) is 3.06. The highest BCUT2D eigenvalue weighted by Gasteiger charge is 2.18. The lowest BCUT2D eigenvalue weighted by molar-refractivity contribution is 0.0268. The van der Waals surface area contributed by atoms with Crippen molar-refractivity contribution >= 4 is 21.5 Å². The maximum Gasteiger partial charge on any atom is 0.135 e. The van der Waals surface area contributed by atoms with E-state index in [1.165, 1.54) is 21.5 Å². The van der Waals surface area contributed by atoms with E-state index in [-0.39, 0.29) is 6.10 Å². The Labute approximate surface area is 124 Å². The van der Waals surface area contributed by atoms with Crippen LogP contribution in [0.3, 0.4) is 0 Å². The van der Waals surface area contributed by atoms with Gasteiger partial charge in [-0.1, -0.05) is 48.5 Å². The van der Waals surface area contributed by atoms with E-state index < -0.39 is 0 Å². The highest BCUT2D eigenvalue weighted by molar-refractivity contribution is 6.05. The van der Waals surface area contributed by atoms with Gasteiger partial charge in [-0.15, -0.1) is 0 Å². The van der Waals surface area contributed by atoms with E-state index in [1.54, 1.807) is 0 Å². The van der Waals surface area contributed by atoms with Crippen molar-refractivity contribution in [1.82, 2.24) is 0 Å². The first kappa shape index (κ1) is 12.7. The van der Waals surface area contributed by atoms with Crippen LogP contribution in [-0.2, 0) is 4.74 Å². The Morgan fingerprint density at radius 1 is 0.810 bits per heavy atom. The highest BCUT2D eigenvalue weighted by Crippen LogP contribution is 2.36. The van der Waals surface area contributed by atoms with Gasteiger partial charge >= 0.3 is 0 Å². The van der Waals surface area contributed by atoms with Crippen molar-refractivity contribution in [2.24, 2.45) is 0 Å². The van der Waals surface area contributed by atoms with Crippen molar-refractivity contribution in [1.29, 1.82) is 0 Å². The van der Waals surface area contributed by atoms with Gasteiger partial charge in [-0.3, -0.25) is 0 Å². The van der Waals surface area contributed by atoms with Crippen molar-refractivity contribution < 1.29 is 9.47 Å². The predicted molar refractivity (Wildman–Crippen MR) is 85.9 cm³/mol. The molecule has 3 aromatic rings. The Balaban J connectivity index is 1.89. The zero-order valence-electron chi connectivity index (χ0n) is 11.9. The molecule has 2 nitrogen and oxygen atoms in total. The molecule has 0 radical (unpaired) electrons. The normalized spacial score (nSPS) is 16.4. The number of hydrogen-bond donors (Lipinski definition) is 0. The second-order valence-corrected chi connectivity index (χ2v) is 5.58. The zero-order chi connectivity index (χ0) is 14.1. The summed E-state index contributed by atoms with van der Waals surface area (Å²) < 4.78 is 11.8. The lowest BCUT2D eigenvalue weighted by Crippen LogP contribution is -2.26. The van der Waals surface area contributed by atoms with E-state index in [4.69, 9.17) is 9.47 Å². The maximum absolute atomic E-state index is 6.40. The molecule has 0 bridgehead atoms. The minimum absolute atomic E-state index is 0.257. The third kappa shape index (κ3) is 2.36. The molecule has 1 heterocycles. The molecule has 21 heavy (non-hydrogen) atoms. The van der Waals surface area contributed by atoms with Gasteiger partial charge in [-0.05, 0) is 16.8 Å². The van der Waals surface area contributed by atoms with E-state index in [0.717, 1.165) is 31.8 Å². The van der Waals surface area contributed by atoms with Gasteiger partial charge in [0.1, 0.15) is 11.9 Å². The molecule has 0 aliphatic carbocycles. The Kier molecular flexibility index (Phi) is 3.24. The second kappa shape index (κ2) is 5.38. The van der Waals surface area contributed by atoms with Crippen molar-refractivity contribution in [3.8, 4) is 5.75 Å². The minimum atomic E-state index is 0.257. The first-order valence-corrected chi connectivity index (χ1v) is 7.57. The maximum atomic E-state index is 6.40. The van der Waals surface area contributed by atoms with Gasteiger partial charge in [-0.2, -0.15) is 0 Å². The molecule has 0 amide bonds. The number of hydrogen-bond acceptors (Lipinski definition) is 2. The monoisotopic (exact) mass is 278 g/mol. The van der Waals surface area contributed by atoms with Gasteiger partial charge in [0.2, 0.25) is 0 Å². The quantitative estimate of drug-likeness (QED) is 0.640. The van der Waals surface area contributed by atoms with E-state index in [1.807, 2.05) is 0 Å². The van der Waals surface area contributed by atoms with Gasteiger partial charge in [-0.25, -0.2) is 0 Å². The van der Waals surface area contributed by atoms with Crippen LogP contribution in [0, 0.1) is 0 Å². The van der Waals surface area contributed by atoms with Crippen LogP contribution in [0.25, 0.3) is 21.5 Å². The molecule has 2 heteroatoms.